The summed E-state index contributed by atoms with van der Waals surface area (Å²) in [7, 11) is 4.06. The molecule has 1 rings (SSSR count). The van der Waals surface area contributed by atoms with Crippen molar-refractivity contribution in [1.29, 1.82) is 5.26 Å². The molecule has 1 aromatic rings. The second-order valence-corrected chi connectivity index (χ2v) is 4.48. The maximum absolute atomic E-state index is 8.83. The number of aryl methyl sites for hydroxylation is 1. The van der Waals surface area contributed by atoms with E-state index in [2.05, 4.69) is 16.3 Å². The van der Waals surface area contributed by atoms with Gasteiger partial charge >= 0.3 is 0 Å². The van der Waals surface area contributed by atoms with Crippen LogP contribution in [0.3, 0.4) is 0 Å². The molecule has 0 aromatic heterocycles. The van der Waals surface area contributed by atoms with Crippen LogP contribution in [-0.4, -0.2) is 45.3 Å². The summed E-state index contributed by atoms with van der Waals surface area (Å²) in [5.41, 5.74) is 2.75. The largest absolute Gasteiger partial charge is 0.383 e. The number of ether oxygens (including phenoxy) is 1. The number of nitrogens with zero attached hydrogens (tertiary/aromatic N) is 2. The number of nitriles is 1. The van der Waals surface area contributed by atoms with E-state index in [1.807, 2.05) is 39.2 Å². The summed E-state index contributed by atoms with van der Waals surface area (Å²) in [4.78, 5) is 2.09. The molecule has 0 amide bonds. The Morgan fingerprint density at radius 2 is 2.11 bits per heavy atom. The lowest BCUT2D eigenvalue weighted by Gasteiger charge is -2.11. The van der Waals surface area contributed by atoms with Crippen LogP contribution in [0.5, 0.6) is 0 Å². The minimum atomic E-state index is 0.687. The average molecular weight is 247 g/mol. The Bertz CT molecular complexity index is 410. The van der Waals surface area contributed by atoms with Crippen molar-refractivity contribution in [3.8, 4) is 6.07 Å². The zero-order valence-corrected chi connectivity index (χ0v) is 11.4. The van der Waals surface area contributed by atoms with Gasteiger partial charge in [0.25, 0.3) is 0 Å². The molecule has 0 radical (unpaired) electrons. The highest BCUT2D eigenvalue weighted by Crippen LogP contribution is 2.13. The summed E-state index contributed by atoms with van der Waals surface area (Å²) < 4.78 is 5.48. The van der Waals surface area contributed by atoms with E-state index in [9.17, 15) is 0 Å². The monoisotopic (exact) mass is 247 g/mol. The fraction of sp³-hybridized carbons (Fsp3) is 0.500. The molecule has 0 atom stereocenters. The Morgan fingerprint density at radius 3 is 2.72 bits per heavy atom. The Balaban J connectivity index is 2.24. The zero-order valence-electron chi connectivity index (χ0n) is 11.4. The molecule has 0 fully saturated rings. The molecule has 1 N–H and O–H groups in total. The lowest BCUT2D eigenvalue weighted by Crippen LogP contribution is -2.20. The molecule has 0 spiro atoms. The molecule has 0 aliphatic heterocycles. The van der Waals surface area contributed by atoms with E-state index in [4.69, 9.17) is 10.00 Å². The van der Waals surface area contributed by atoms with Crippen LogP contribution in [0, 0.1) is 18.3 Å². The molecule has 4 heteroatoms. The molecule has 0 saturated heterocycles. The van der Waals surface area contributed by atoms with E-state index < -0.39 is 0 Å². The summed E-state index contributed by atoms with van der Waals surface area (Å²) in [6.45, 7) is 5.10. The van der Waals surface area contributed by atoms with Crippen LogP contribution >= 0.6 is 0 Å². The van der Waals surface area contributed by atoms with Crippen molar-refractivity contribution in [2.45, 2.75) is 6.92 Å². The number of hydrogen-bond acceptors (Lipinski definition) is 4. The van der Waals surface area contributed by atoms with E-state index in [0.29, 0.717) is 6.61 Å². The van der Waals surface area contributed by atoms with Gasteiger partial charge in [-0.2, -0.15) is 5.26 Å². The molecule has 4 nitrogen and oxygen atoms in total. The molecule has 0 heterocycles. The first kappa shape index (κ1) is 14.5. The number of nitrogens with one attached hydrogen (secondary N) is 1. The maximum Gasteiger partial charge on any atom is 0.0994 e. The molecule has 0 unspecified atom stereocenters. The lowest BCUT2D eigenvalue weighted by molar-refractivity contribution is 0.126. The van der Waals surface area contributed by atoms with Gasteiger partial charge in [0.2, 0.25) is 0 Å². The van der Waals surface area contributed by atoms with Crippen LogP contribution in [0.2, 0.25) is 0 Å². The molecular formula is C14H21N3O. The normalized spacial score (nSPS) is 10.4. The Morgan fingerprint density at radius 1 is 1.33 bits per heavy atom. The molecule has 0 aliphatic rings. The van der Waals surface area contributed by atoms with Crippen LogP contribution < -0.4 is 5.32 Å². The van der Waals surface area contributed by atoms with E-state index >= 15 is 0 Å². The van der Waals surface area contributed by atoms with Crippen molar-refractivity contribution < 1.29 is 4.74 Å². The van der Waals surface area contributed by atoms with Gasteiger partial charge in [-0.3, -0.25) is 0 Å². The van der Waals surface area contributed by atoms with Crippen molar-refractivity contribution in [3.63, 3.8) is 0 Å². The van der Waals surface area contributed by atoms with Crippen molar-refractivity contribution >= 4 is 5.69 Å². The fourth-order valence-corrected chi connectivity index (χ4v) is 1.52. The summed E-state index contributed by atoms with van der Waals surface area (Å²) in [5, 5.41) is 12.1. The summed E-state index contributed by atoms with van der Waals surface area (Å²) in [6, 6.07) is 7.90. The molecule has 18 heavy (non-hydrogen) atoms. The second-order valence-electron chi connectivity index (χ2n) is 4.48. The molecule has 0 saturated carbocycles. The van der Waals surface area contributed by atoms with E-state index in [0.717, 1.165) is 36.5 Å². The van der Waals surface area contributed by atoms with Crippen LogP contribution in [0.15, 0.2) is 18.2 Å². The van der Waals surface area contributed by atoms with Gasteiger partial charge in [0.05, 0.1) is 24.8 Å². The van der Waals surface area contributed by atoms with Gasteiger partial charge < -0.3 is 15.0 Å². The Hall–Kier alpha value is -1.57. The number of likely N-dealkylation sites (N-methyl/N-ethyl adjacent to an activating group) is 1. The van der Waals surface area contributed by atoms with Gasteiger partial charge in [0.1, 0.15) is 0 Å². The minimum Gasteiger partial charge on any atom is -0.383 e. The van der Waals surface area contributed by atoms with Gasteiger partial charge in [0.15, 0.2) is 0 Å². The predicted molar refractivity (Wildman–Crippen MR) is 73.8 cm³/mol. The molecule has 0 aliphatic carbocycles. The van der Waals surface area contributed by atoms with Crippen molar-refractivity contribution in [2.24, 2.45) is 0 Å². The zero-order chi connectivity index (χ0) is 13.4. The molecule has 1 aromatic carbocycles. The van der Waals surface area contributed by atoms with Crippen LogP contribution in [0.1, 0.15) is 11.1 Å². The second kappa shape index (κ2) is 7.70. The summed E-state index contributed by atoms with van der Waals surface area (Å²) >= 11 is 0. The van der Waals surface area contributed by atoms with Gasteiger partial charge in [-0.1, -0.05) is 0 Å². The van der Waals surface area contributed by atoms with Crippen LogP contribution in [0.25, 0.3) is 0 Å². The summed E-state index contributed by atoms with van der Waals surface area (Å²) in [5.74, 6) is 0. The van der Waals surface area contributed by atoms with E-state index in [-0.39, 0.29) is 0 Å². The first-order chi connectivity index (χ1) is 8.63. The van der Waals surface area contributed by atoms with Crippen LogP contribution in [0.4, 0.5) is 5.69 Å². The first-order valence-electron chi connectivity index (χ1n) is 6.10. The SMILES string of the molecule is Cc1cc(NCCOCCN(C)C)ccc1C#N. The number of rotatable bonds is 7. The highest BCUT2D eigenvalue weighted by atomic mass is 16.5. The van der Waals surface area contributed by atoms with Crippen molar-refractivity contribution in [1.82, 2.24) is 4.90 Å². The predicted octanol–water partition coefficient (Wildman–Crippen LogP) is 1.86. The number of anilines is 1. The Labute approximate surface area is 109 Å². The standard InChI is InChI=1S/C14H21N3O/c1-12-10-14(5-4-13(12)11-15)16-6-8-18-9-7-17(2)3/h4-5,10,16H,6-9H2,1-3H3. The summed E-state index contributed by atoms with van der Waals surface area (Å²) in [6.07, 6.45) is 0. The third-order valence-corrected chi connectivity index (χ3v) is 2.61. The van der Waals surface area contributed by atoms with Crippen molar-refractivity contribution in [3.05, 3.63) is 29.3 Å². The van der Waals surface area contributed by atoms with Gasteiger partial charge in [-0.05, 0) is 44.8 Å². The van der Waals surface area contributed by atoms with Gasteiger partial charge in [-0.25, -0.2) is 0 Å². The molecule has 0 bridgehead atoms. The highest BCUT2D eigenvalue weighted by molar-refractivity contribution is 5.51. The minimum absolute atomic E-state index is 0.687. The molecular weight excluding hydrogens is 226 g/mol. The molecule has 98 valence electrons. The van der Waals surface area contributed by atoms with Crippen LogP contribution in [-0.2, 0) is 4.74 Å². The Kier molecular flexibility index (Phi) is 6.20. The first-order valence-corrected chi connectivity index (χ1v) is 6.10. The van der Waals surface area contributed by atoms with Crippen molar-refractivity contribution in [2.75, 3.05) is 45.7 Å². The smallest absolute Gasteiger partial charge is 0.0994 e. The highest BCUT2D eigenvalue weighted by Gasteiger charge is 1.98. The lowest BCUT2D eigenvalue weighted by atomic mass is 10.1. The number of benzene rings is 1. The quantitative estimate of drug-likeness (QED) is 0.747. The van der Waals surface area contributed by atoms with Gasteiger partial charge in [-0.15, -0.1) is 0 Å². The van der Waals surface area contributed by atoms with Gasteiger partial charge in [0, 0.05) is 18.8 Å². The number of hydrogen-bond donors (Lipinski definition) is 1. The third kappa shape index (κ3) is 5.17. The third-order valence-electron chi connectivity index (χ3n) is 2.61. The fourth-order valence-electron chi connectivity index (χ4n) is 1.52. The van der Waals surface area contributed by atoms with E-state index in [1.54, 1.807) is 0 Å². The topological polar surface area (TPSA) is 48.3 Å². The maximum atomic E-state index is 8.83. The average Bonchev–Trinajstić information content (AvgIpc) is 2.33. The van der Waals surface area contributed by atoms with E-state index in [1.165, 1.54) is 0 Å².